The number of hydrogen-bond acceptors (Lipinski definition) is 3. The van der Waals surface area contributed by atoms with Crippen LogP contribution in [0.1, 0.15) is 38.2 Å². The van der Waals surface area contributed by atoms with Crippen LogP contribution in [0.15, 0.2) is 30.3 Å². The van der Waals surface area contributed by atoms with E-state index in [0.29, 0.717) is 36.9 Å². The fourth-order valence-corrected chi connectivity index (χ4v) is 4.44. The van der Waals surface area contributed by atoms with Gasteiger partial charge < -0.3 is 15.8 Å². The summed E-state index contributed by atoms with van der Waals surface area (Å²) in [5.74, 6) is 2.60. The second-order valence-electron chi connectivity index (χ2n) is 7.43. The molecule has 2 aliphatic carbocycles. The van der Waals surface area contributed by atoms with Gasteiger partial charge in [-0.05, 0) is 54.9 Å². The Morgan fingerprint density at radius 2 is 2.00 bits per heavy atom. The maximum absolute atomic E-state index is 11.9. The fraction of sp³-hybridized carbons (Fsp3) is 0.632. The molecule has 2 fully saturated rings. The molecule has 1 unspecified atom stereocenters. The summed E-state index contributed by atoms with van der Waals surface area (Å²) >= 11 is 0. The molecule has 2 aliphatic rings. The molecular formula is C19H28N2O2. The molecule has 0 spiro atoms. The Hall–Kier alpha value is -1.55. The molecule has 4 nitrogen and oxygen atoms in total. The summed E-state index contributed by atoms with van der Waals surface area (Å²) in [6.07, 6.45) is 4.56. The summed E-state index contributed by atoms with van der Waals surface area (Å²) < 4.78 is 5.28. The Morgan fingerprint density at radius 3 is 2.78 bits per heavy atom. The molecule has 5 atom stereocenters. The standard InChI is InChI=1S/C19H28N2O2/c1-13-7-15-8-16(10-17(9-15)18(13)20)11-21-19(22)23-12-14-5-3-2-4-6-14/h2-6,13,15-18H,7-12,20H2,1H3,(H,21,22)/t13-,15?,16-,17-,18+/m1/s1. The number of nitrogens with one attached hydrogen (secondary N) is 1. The van der Waals surface area contributed by atoms with Crippen molar-refractivity contribution in [2.24, 2.45) is 29.4 Å². The molecule has 3 N–H and O–H groups in total. The van der Waals surface area contributed by atoms with Crippen LogP contribution in [0.5, 0.6) is 0 Å². The van der Waals surface area contributed by atoms with Crippen molar-refractivity contribution in [2.45, 2.75) is 45.3 Å². The van der Waals surface area contributed by atoms with Crippen molar-refractivity contribution in [1.29, 1.82) is 0 Å². The van der Waals surface area contributed by atoms with E-state index in [9.17, 15) is 4.79 Å². The summed E-state index contributed by atoms with van der Waals surface area (Å²) in [5.41, 5.74) is 7.36. The number of alkyl carbamates (subject to hydrolysis) is 1. The number of rotatable bonds is 4. The lowest BCUT2D eigenvalue weighted by atomic mass is 9.63. The first-order chi connectivity index (χ1) is 11.1. The predicted octanol–water partition coefficient (Wildman–Crippen LogP) is 3.31. The fourth-order valence-electron chi connectivity index (χ4n) is 4.44. The SMILES string of the molecule is C[C@@H]1CC2C[C@@H](CNC(=O)OCc3ccccc3)C[C@@H](C2)[C@H]1N. The third-order valence-corrected chi connectivity index (χ3v) is 5.59. The zero-order valence-electron chi connectivity index (χ0n) is 13.9. The minimum Gasteiger partial charge on any atom is -0.445 e. The zero-order valence-corrected chi connectivity index (χ0v) is 13.9. The van der Waals surface area contributed by atoms with Crippen LogP contribution in [0, 0.1) is 23.7 Å². The first-order valence-corrected chi connectivity index (χ1v) is 8.82. The van der Waals surface area contributed by atoms with Gasteiger partial charge in [-0.25, -0.2) is 4.79 Å². The largest absolute Gasteiger partial charge is 0.445 e. The molecule has 0 heterocycles. The highest BCUT2D eigenvalue weighted by atomic mass is 16.5. The van der Waals surface area contributed by atoms with E-state index in [1.165, 1.54) is 19.3 Å². The van der Waals surface area contributed by atoms with Crippen LogP contribution in [-0.4, -0.2) is 18.7 Å². The van der Waals surface area contributed by atoms with E-state index >= 15 is 0 Å². The van der Waals surface area contributed by atoms with Crippen LogP contribution in [0.3, 0.4) is 0 Å². The normalized spacial score (nSPS) is 33.0. The van der Waals surface area contributed by atoms with Gasteiger partial charge in [0.2, 0.25) is 0 Å². The molecule has 23 heavy (non-hydrogen) atoms. The van der Waals surface area contributed by atoms with E-state index in [1.54, 1.807) is 0 Å². The van der Waals surface area contributed by atoms with Crippen LogP contribution in [0.2, 0.25) is 0 Å². The molecule has 1 amide bonds. The molecule has 0 aromatic heterocycles. The molecule has 1 aromatic rings. The lowest BCUT2D eigenvalue weighted by Crippen LogP contribution is -2.47. The third-order valence-electron chi connectivity index (χ3n) is 5.59. The Kier molecular flexibility index (Phi) is 5.21. The van der Waals surface area contributed by atoms with E-state index in [0.717, 1.165) is 17.9 Å². The molecule has 3 rings (SSSR count). The average molecular weight is 316 g/mol. The van der Waals surface area contributed by atoms with Crippen LogP contribution >= 0.6 is 0 Å². The highest BCUT2D eigenvalue weighted by Crippen LogP contribution is 2.44. The van der Waals surface area contributed by atoms with E-state index in [-0.39, 0.29) is 6.09 Å². The van der Waals surface area contributed by atoms with Crippen molar-refractivity contribution in [2.75, 3.05) is 6.54 Å². The van der Waals surface area contributed by atoms with Gasteiger partial charge in [0.25, 0.3) is 0 Å². The molecule has 2 bridgehead atoms. The number of hydrogen-bond donors (Lipinski definition) is 2. The second-order valence-corrected chi connectivity index (χ2v) is 7.43. The van der Waals surface area contributed by atoms with Crippen LogP contribution in [0.25, 0.3) is 0 Å². The maximum Gasteiger partial charge on any atom is 0.407 e. The van der Waals surface area contributed by atoms with Crippen LogP contribution in [0.4, 0.5) is 4.79 Å². The van der Waals surface area contributed by atoms with Gasteiger partial charge >= 0.3 is 6.09 Å². The van der Waals surface area contributed by atoms with Gasteiger partial charge in [-0.3, -0.25) is 0 Å². The highest BCUT2D eigenvalue weighted by molar-refractivity contribution is 5.67. The van der Waals surface area contributed by atoms with Gasteiger partial charge in [0, 0.05) is 12.6 Å². The van der Waals surface area contributed by atoms with Gasteiger partial charge in [0.15, 0.2) is 0 Å². The average Bonchev–Trinajstić information content (AvgIpc) is 2.57. The first-order valence-electron chi connectivity index (χ1n) is 8.82. The highest BCUT2D eigenvalue weighted by Gasteiger charge is 2.39. The van der Waals surface area contributed by atoms with Gasteiger partial charge in [-0.15, -0.1) is 0 Å². The number of amides is 1. The van der Waals surface area contributed by atoms with Crippen molar-refractivity contribution in [1.82, 2.24) is 5.32 Å². The van der Waals surface area contributed by atoms with E-state index in [4.69, 9.17) is 10.5 Å². The molecule has 1 aromatic carbocycles. The van der Waals surface area contributed by atoms with E-state index in [1.807, 2.05) is 30.3 Å². The molecule has 4 heteroatoms. The summed E-state index contributed by atoms with van der Waals surface area (Å²) in [7, 11) is 0. The van der Waals surface area contributed by atoms with Gasteiger partial charge in [-0.2, -0.15) is 0 Å². The Labute approximate surface area is 138 Å². The molecule has 0 aliphatic heterocycles. The van der Waals surface area contributed by atoms with Gasteiger partial charge in [-0.1, -0.05) is 37.3 Å². The number of fused-ring (bicyclic) bond motifs is 2. The summed E-state index contributed by atoms with van der Waals surface area (Å²) in [4.78, 5) is 11.9. The van der Waals surface area contributed by atoms with Gasteiger partial charge in [0.05, 0.1) is 0 Å². The number of carbonyl (C=O) groups excluding carboxylic acids is 1. The van der Waals surface area contributed by atoms with Crippen molar-refractivity contribution < 1.29 is 9.53 Å². The minimum atomic E-state index is -0.317. The Morgan fingerprint density at radius 1 is 1.22 bits per heavy atom. The molecular weight excluding hydrogens is 288 g/mol. The minimum absolute atomic E-state index is 0.317. The maximum atomic E-state index is 11.9. The number of carbonyl (C=O) groups is 1. The smallest absolute Gasteiger partial charge is 0.407 e. The second kappa shape index (κ2) is 7.35. The molecule has 126 valence electrons. The molecule has 2 saturated carbocycles. The van der Waals surface area contributed by atoms with Crippen molar-refractivity contribution >= 4 is 6.09 Å². The number of ether oxygens (including phenoxy) is 1. The van der Waals surface area contributed by atoms with Gasteiger partial charge in [0.1, 0.15) is 6.61 Å². The summed E-state index contributed by atoms with van der Waals surface area (Å²) in [5, 5.41) is 2.94. The van der Waals surface area contributed by atoms with E-state index in [2.05, 4.69) is 12.2 Å². The number of benzene rings is 1. The van der Waals surface area contributed by atoms with Crippen LogP contribution < -0.4 is 11.1 Å². The van der Waals surface area contributed by atoms with Crippen molar-refractivity contribution in [3.63, 3.8) is 0 Å². The molecule has 0 radical (unpaired) electrons. The monoisotopic (exact) mass is 316 g/mol. The Balaban J connectivity index is 1.41. The molecule has 0 saturated heterocycles. The summed E-state index contributed by atoms with van der Waals surface area (Å²) in [6, 6.07) is 10.1. The van der Waals surface area contributed by atoms with Crippen molar-refractivity contribution in [3.8, 4) is 0 Å². The quantitative estimate of drug-likeness (QED) is 0.895. The topological polar surface area (TPSA) is 64.3 Å². The lowest BCUT2D eigenvalue weighted by molar-refractivity contribution is 0.0790. The van der Waals surface area contributed by atoms with Crippen LogP contribution in [-0.2, 0) is 11.3 Å². The predicted molar refractivity (Wildman–Crippen MR) is 90.7 cm³/mol. The third kappa shape index (κ3) is 4.25. The Bertz CT molecular complexity index is 517. The zero-order chi connectivity index (χ0) is 16.2. The lowest BCUT2D eigenvalue weighted by Gasteiger charge is -2.45. The number of nitrogens with two attached hydrogens (primary N) is 1. The summed E-state index contributed by atoms with van der Waals surface area (Å²) in [6.45, 7) is 3.32. The van der Waals surface area contributed by atoms with E-state index < -0.39 is 0 Å². The first kappa shape index (κ1) is 16.3. The van der Waals surface area contributed by atoms with Crippen molar-refractivity contribution in [3.05, 3.63) is 35.9 Å².